The summed E-state index contributed by atoms with van der Waals surface area (Å²) < 4.78 is 5.43. The maximum atomic E-state index is 5.43. The molecule has 96 valence electrons. The fourth-order valence-electron chi connectivity index (χ4n) is 2.22. The highest BCUT2D eigenvalue weighted by Gasteiger charge is 2.28. The van der Waals surface area contributed by atoms with E-state index < -0.39 is 0 Å². The molecule has 0 aromatic heterocycles. The second-order valence-corrected chi connectivity index (χ2v) is 6.62. The Morgan fingerprint density at radius 2 is 1.94 bits per heavy atom. The van der Waals surface area contributed by atoms with Gasteiger partial charge < -0.3 is 10.1 Å². The highest BCUT2D eigenvalue weighted by molar-refractivity contribution is 4.85. The molecule has 0 aromatic rings. The van der Waals surface area contributed by atoms with Crippen LogP contribution in [0.1, 0.15) is 53.9 Å². The minimum atomic E-state index is 0.345. The zero-order valence-electron chi connectivity index (χ0n) is 11.7. The minimum Gasteiger partial charge on any atom is -0.380 e. The van der Waals surface area contributed by atoms with Crippen molar-refractivity contribution in [2.45, 2.75) is 66.0 Å². The first-order valence-corrected chi connectivity index (χ1v) is 6.73. The van der Waals surface area contributed by atoms with Gasteiger partial charge >= 0.3 is 0 Å². The van der Waals surface area contributed by atoms with Crippen molar-refractivity contribution in [3.63, 3.8) is 0 Å². The largest absolute Gasteiger partial charge is 0.380 e. The molecule has 1 fully saturated rings. The van der Waals surface area contributed by atoms with Crippen molar-refractivity contribution in [3.8, 4) is 0 Å². The number of hydrogen-bond acceptors (Lipinski definition) is 2. The maximum Gasteiger partial charge on any atom is 0.0620 e. The second kappa shape index (κ2) is 6.02. The van der Waals surface area contributed by atoms with E-state index in [1.165, 1.54) is 19.3 Å². The quantitative estimate of drug-likeness (QED) is 0.778. The van der Waals surface area contributed by atoms with Crippen LogP contribution in [0.5, 0.6) is 0 Å². The third kappa shape index (κ3) is 4.84. The van der Waals surface area contributed by atoms with Crippen molar-refractivity contribution in [2.24, 2.45) is 11.3 Å². The van der Waals surface area contributed by atoms with Crippen LogP contribution in [0.2, 0.25) is 0 Å². The molecule has 2 atom stereocenters. The van der Waals surface area contributed by atoms with Crippen LogP contribution in [-0.2, 0) is 4.74 Å². The van der Waals surface area contributed by atoms with E-state index >= 15 is 0 Å². The third-order valence-electron chi connectivity index (χ3n) is 3.44. The number of ether oxygens (including phenoxy) is 1. The maximum absolute atomic E-state index is 5.43. The lowest BCUT2D eigenvalue weighted by Gasteiger charge is -2.34. The predicted molar refractivity (Wildman–Crippen MR) is 69.7 cm³/mol. The topological polar surface area (TPSA) is 21.3 Å². The molecule has 0 radical (unpaired) electrons. The molecular weight excluding hydrogens is 198 g/mol. The monoisotopic (exact) mass is 227 g/mol. The zero-order chi connectivity index (χ0) is 12.2. The molecule has 0 bridgehead atoms. The fraction of sp³-hybridized carbons (Fsp3) is 1.00. The van der Waals surface area contributed by atoms with Gasteiger partial charge in [-0.1, -0.05) is 34.6 Å². The molecule has 1 aliphatic heterocycles. The molecule has 0 aromatic carbocycles. The van der Waals surface area contributed by atoms with Gasteiger partial charge in [-0.05, 0) is 30.6 Å². The molecule has 2 nitrogen and oxygen atoms in total. The van der Waals surface area contributed by atoms with Crippen molar-refractivity contribution in [1.82, 2.24) is 5.32 Å². The van der Waals surface area contributed by atoms with Crippen molar-refractivity contribution in [2.75, 3.05) is 13.2 Å². The molecule has 1 aliphatic rings. The summed E-state index contributed by atoms with van der Waals surface area (Å²) in [6.07, 6.45) is 3.76. The molecule has 0 aliphatic carbocycles. The van der Waals surface area contributed by atoms with Crippen LogP contribution in [0.25, 0.3) is 0 Å². The Balaban J connectivity index is 2.43. The van der Waals surface area contributed by atoms with E-state index in [2.05, 4.69) is 39.9 Å². The molecule has 0 amide bonds. The summed E-state index contributed by atoms with van der Waals surface area (Å²) in [6, 6.07) is 1.19. The van der Waals surface area contributed by atoms with Gasteiger partial charge in [-0.3, -0.25) is 0 Å². The van der Waals surface area contributed by atoms with Gasteiger partial charge in [0.1, 0.15) is 0 Å². The summed E-state index contributed by atoms with van der Waals surface area (Å²) in [7, 11) is 0. The summed E-state index contributed by atoms with van der Waals surface area (Å²) in [6.45, 7) is 13.4. The Morgan fingerprint density at radius 1 is 1.25 bits per heavy atom. The number of nitrogens with one attached hydrogen (secondary N) is 1. The molecule has 1 rings (SSSR count). The van der Waals surface area contributed by atoms with Crippen LogP contribution in [0.3, 0.4) is 0 Å². The smallest absolute Gasteiger partial charge is 0.0620 e. The number of hydrogen-bond donors (Lipinski definition) is 1. The average Bonchev–Trinajstić information content (AvgIpc) is 2.62. The molecule has 1 heterocycles. The Bertz CT molecular complexity index is 189. The molecule has 16 heavy (non-hydrogen) atoms. The molecule has 0 spiro atoms. The van der Waals surface area contributed by atoms with Crippen LogP contribution in [-0.4, -0.2) is 25.3 Å². The zero-order valence-corrected chi connectivity index (χ0v) is 11.7. The summed E-state index contributed by atoms with van der Waals surface area (Å²) in [5.74, 6) is 0.798. The van der Waals surface area contributed by atoms with E-state index in [-0.39, 0.29) is 0 Å². The Morgan fingerprint density at radius 3 is 2.38 bits per heavy atom. The molecule has 2 unspecified atom stereocenters. The van der Waals surface area contributed by atoms with Crippen molar-refractivity contribution < 1.29 is 4.74 Å². The van der Waals surface area contributed by atoms with Gasteiger partial charge in [0, 0.05) is 18.7 Å². The lowest BCUT2D eigenvalue weighted by atomic mass is 9.82. The predicted octanol–water partition coefficient (Wildman–Crippen LogP) is 3.22. The van der Waals surface area contributed by atoms with E-state index in [4.69, 9.17) is 4.74 Å². The van der Waals surface area contributed by atoms with Crippen LogP contribution in [0.15, 0.2) is 0 Å². The third-order valence-corrected chi connectivity index (χ3v) is 3.44. The van der Waals surface area contributed by atoms with Crippen LogP contribution >= 0.6 is 0 Å². The standard InChI is InChI=1S/C14H29NO/c1-11(2)6-7-13(14(3,4)5)15-12-8-9-16-10-12/h11-13,15H,6-10H2,1-5H3. The molecule has 0 saturated carbocycles. The van der Waals surface area contributed by atoms with Gasteiger partial charge in [0.05, 0.1) is 6.61 Å². The number of rotatable bonds is 5. The first-order chi connectivity index (χ1) is 7.39. The Hall–Kier alpha value is -0.0800. The van der Waals surface area contributed by atoms with E-state index in [0.29, 0.717) is 17.5 Å². The SMILES string of the molecule is CC(C)CCC(NC1CCOC1)C(C)(C)C. The van der Waals surface area contributed by atoms with Crippen LogP contribution < -0.4 is 5.32 Å². The minimum absolute atomic E-state index is 0.345. The first kappa shape index (κ1) is 14.0. The van der Waals surface area contributed by atoms with Gasteiger partial charge in [-0.15, -0.1) is 0 Å². The Kier molecular flexibility index (Phi) is 5.26. The molecule has 2 heteroatoms. The lowest BCUT2D eigenvalue weighted by molar-refractivity contribution is 0.174. The van der Waals surface area contributed by atoms with E-state index in [0.717, 1.165) is 19.1 Å². The Labute approximate surface area is 101 Å². The summed E-state index contributed by atoms with van der Waals surface area (Å²) in [5, 5.41) is 3.79. The second-order valence-electron chi connectivity index (χ2n) is 6.62. The van der Waals surface area contributed by atoms with Gasteiger partial charge in [0.2, 0.25) is 0 Å². The van der Waals surface area contributed by atoms with Gasteiger partial charge in [0.25, 0.3) is 0 Å². The van der Waals surface area contributed by atoms with E-state index in [1.807, 2.05) is 0 Å². The highest BCUT2D eigenvalue weighted by Crippen LogP contribution is 2.25. The highest BCUT2D eigenvalue weighted by atomic mass is 16.5. The normalized spacial score (nSPS) is 24.0. The van der Waals surface area contributed by atoms with Gasteiger partial charge in [-0.2, -0.15) is 0 Å². The summed E-state index contributed by atoms with van der Waals surface area (Å²) >= 11 is 0. The summed E-state index contributed by atoms with van der Waals surface area (Å²) in [5.41, 5.74) is 0.345. The van der Waals surface area contributed by atoms with E-state index in [9.17, 15) is 0 Å². The molecular formula is C14H29NO. The van der Waals surface area contributed by atoms with Gasteiger partial charge in [0.15, 0.2) is 0 Å². The fourth-order valence-corrected chi connectivity index (χ4v) is 2.22. The first-order valence-electron chi connectivity index (χ1n) is 6.73. The van der Waals surface area contributed by atoms with Crippen LogP contribution in [0, 0.1) is 11.3 Å². The van der Waals surface area contributed by atoms with Crippen LogP contribution in [0.4, 0.5) is 0 Å². The van der Waals surface area contributed by atoms with Gasteiger partial charge in [-0.25, -0.2) is 0 Å². The molecule has 1 N–H and O–H groups in total. The van der Waals surface area contributed by atoms with Crippen molar-refractivity contribution in [3.05, 3.63) is 0 Å². The average molecular weight is 227 g/mol. The van der Waals surface area contributed by atoms with E-state index in [1.54, 1.807) is 0 Å². The lowest BCUT2D eigenvalue weighted by Crippen LogP contribution is -2.46. The summed E-state index contributed by atoms with van der Waals surface area (Å²) in [4.78, 5) is 0. The molecule has 1 saturated heterocycles. The van der Waals surface area contributed by atoms with Crippen molar-refractivity contribution in [1.29, 1.82) is 0 Å². The van der Waals surface area contributed by atoms with Crippen molar-refractivity contribution >= 4 is 0 Å².